The van der Waals surface area contributed by atoms with Crippen molar-refractivity contribution in [1.29, 1.82) is 0 Å². The summed E-state index contributed by atoms with van der Waals surface area (Å²) in [6, 6.07) is 11.1. The van der Waals surface area contributed by atoms with E-state index in [9.17, 15) is 4.39 Å². The molecule has 0 aliphatic rings. The number of aryl methyl sites for hydroxylation is 2. The Morgan fingerprint density at radius 2 is 1.88 bits per heavy atom. The van der Waals surface area contributed by atoms with Crippen molar-refractivity contribution in [3.63, 3.8) is 0 Å². The van der Waals surface area contributed by atoms with Gasteiger partial charge in [0.2, 0.25) is 5.65 Å². The van der Waals surface area contributed by atoms with Crippen LogP contribution >= 0.6 is 0 Å². The van der Waals surface area contributed by atoms with Crippen LogP contribution in [-0.2, 0) is 0 Å². The number of hydrogen-bond acceptors (Lipinski definition) is 2. The standard InChI is InChI=1S/C21H15FN4/c1-13-10-18(22)14(2)9-17(13)21-16(5-4-8-24-21)15-6-7-19-25-11-20(23-3)26(19)12-15/h4-12H,1-2H3. The van der Waals surface area contributed by atoms with E-state index in [2.05, 4.69) is 14.8 Å². The van der Waals surface area contributed by atoms with Crippen LogP contribution in [0.15, 0.2) is 55.0 Å². The first-order valence-electron chi connectivity index (χ1n) is 8.15. The van der Waals surface area contributed by atoms with E-state index in [-0.39, 0.29) is 5.82 Å². The van der Waals surface area contributed by atoms with Crippen LogP contribution in [0.2, 0.25) is 0 Å². The zero-order chi connectivity index (χ0) is 18.3. The van der Waals surface area contributed by atoms with Gasteiger partial charge in [-0.05, 0) is 49.2 Å². The predicted octanol–water partition coefficient (Wildman–Crippen LogP) is 5.37. The van der Waals surface area contributed by atoms with Crippen LogP contribution in [0.1, 0.15) is 11.1 Å². The third-order valence-electron chi connectivity index (χ3n) is 4.48. The molecule has 4 aromatic rings. The van der Waals surface area contributed by atoms with Crippen LogP contribution < -0.4 is 0 Å². The van der Waals surface area contributed by atoms with Gasteiger partial charge in [0, 0.05) is 29.0 Å². The van der Waals surface area contributed by atoms with Gasteiger partial charge in [0.25, 0.3) is 5.82 Å². The Morgan fingerprint density at radius 1 is 1.04 bits per heavy atom. The zero-order valence-electron chi connectivity index (χ0n) is 14.4. The number of rotatable bonds is 2. The number of pyridine rings is 2. The molecule has 126 valence electrons. The molecular formula is C21H15FN4. The largest absolute Gasteiger partial charge is 0.362 e. The van der Waals surface area contributed by atoms with Crippen molar-refractivity contribution in [2.45, 2.75) is 13.8 Å². The highest BCUT2D eigenvalue weighted by Gasteiger charge is 2.15. The van der Waals surface area contributed by atoms with Crippen LogP contribution in [0, 0.1) is 26.2 Å². The molecule has 0 fully saturated rings. The number of fused-ring (bicyclic) bond motifs is 1. The zero-order valence-corrected chi connectivity index (χ0v) is 14.4. The molecule has 0 atom stereocenters. The SMILES string of the molecule is [C-]#[N+]c1cnc2ccc(-c3cccnc3-c3cc(C)c(F)cc3C)cn12. The lowest BCUT2D eigenvalue weighted by Gasteiger charge is -2.12. The molecule has 0 bridgehead atoms. The Kier molecular flexibility index (Phi) is 3.74. The fraction of sp³-hybridized carbons (Fsp3) is 0.0952. The lowest BCUT2D eigenvalue weighted by atomic mass is 9.96. The van der Waals surface area contributed by atoms with Crippen molar-refractivity contribution < 1.29 is 4.39 Å². The van der Waals surface area contributed by atoms with Gasteiger partial charge in [0.05, 0.1) is 18.1 Å². The average Bonchev–Trinajstić information content (AvgIpc) is 3.07. The monoisotopic (exact) mass is 342 g/mol. The highest BCUT2D eigenvalue weighted by atomic mass is 19.1. The van der Waals surface area contributed by atoms with Crippen molar-refractivity contribution in [2.24, 2.45) is 0 Å². The Balaban J connectivity index is 1.95. The molecule has 0 aliphatic carbocycles. The molecule has 0 spiro atoms. The van der Waals surface area contributed by atoms with Crippen LogP contribution in [0.25, 0.3) is 32.9 Å². The van der Waals surface area contributed by atoms with E-state index in [0.29, 0.717) is 11.4 Å². The Labute approximate surface area is 150 Å². The van der Waals surface area contributed by atoms with Gasteiger partial charge >= 0.3 is 0 Å². The summed E-state index contributed by atoms with van der Waals surface area (Å²) < 4.78 is 15.6. The normalized spacial score (nSPS) is 10.8. The Morgan fingerprint density at radius 3 is 2.69 bits per heavy atom. The molecule has 4 rings (SSSR count). The molecule has 0 unspecified atom stereocenters. The molecule has 3 heterocycles. The molecule has 26 heavy (non-hydrogen) atoms. The summed E-state index contributed by atoms with van der Waals surface area (Å²) in [5.74, 6) is 0.242. The number of aromatic nitrogens is 3. The minimum atomic E-state index is -0.217. The lowest BCUT2D eigenvalue weighted by molar-refractivity contribution is 0.617. The van der Waals surface area contributed by atoms with Crippen LogP contribution in [0.5, 0.6) is 0 Å². The number of halogens is 1. The second-order valence-corrected chi connectivity index (χ2v) is 6.19. The summed E-state index contributed by atoms with van der Waals surface area (Å²) in [6.07, 6.45) is 5.18. The van der Waals surface area contributed by atoms with E-state index < -0.39 is 0 Å². The highest BCUT2D eigenvalue weighted by Crippen LogP contribution is 2.33. The predicted molar refractivity (Wildman–Crippen MR) is 99.6 cm³/mol. The van der Waals surface area contributed by atoms with E-state index >= 15 is 0 Å². The van der Waals surface area contributed by atoms with Gasteiger partial charge in [-0.25, -0.2) is 13.8 Å². The number of benzene rings is 1. The summed E-state index contributed by atoms with van der Waals surface area (Å²) in [7, 11) is 0. The quantitative estimate of drug-likeness (QED) is 0.459. The van der Waals surface area contributed by atoms with E-state index in [1.54, 1.807) is 29.8 Å². The second kappa shape index (κ2) is 6.08. The molecular weight excluding hydrogens is 327 g/mol. The Hall–Kier alpha value is -3.52. The molecule has 4 nitrogen and oxygen atoms in total. The highest BCUT2D eigenvalue weighted by molar-refractivity contribution is 5.82. The van der Waals surface area contributed by atoms with E-state index in [1.165, 1.54) is 0 Å². The second-order valence-electron chi connectivity index (χ2n) is 6.19. The van der Waals surface area contributed by atoms with Crippen molar-refractivity contribution in [3.05, 3.63) is 83.4 Å². The molecule has 3 aromatic heterocycles. The van der Waals surface area contributed by atoms with Gasteiger partial charge in [0.1, 0.15) is 5.82 Å². The van der Waals surface area contributed by atoms with E-state index in [4.69, 9.17) is 6.57 Å². The average molecular weight is 342 g/mol. The first-order valence-corrected chi connectivity index (χ1v) is 8.15. The van der Waals surface area contributed by atoms with Crippen molar-refractivity contribution in [3.8, 4) is 22.4 Å². The summed E-state index contributed by atoms with van der Waals surface area (Å²) in [6.45, 7) is 10.9. The Bertz CT molecular complexity index is 1180. The molecule has 0 amide bonds. The molecule has 0 N–H and O–H groups in total. The van der Waals surface area contributed by atoms with Gasteiger partial charge in [-0.15, -0.1) is 0 Å². The molecule has 0 radical (unpaired) electrons. The summed E-state index contributed by atoms with van der Waals surface area (Å²) >= 11 is 0. The van der Waals surface area contributed by atoms with Gasteiger partial charge in [-0.1, -0.05) is 12.6 Å². The fourth-order valence-corrected chi connectivity index (χ4v) is 3.10. The first-order chi connectivity index (χ1) is 12.6. The topological polar surface area (TPSA) is 34.5 Å². The van der Waals surface area contributed by atoms with Crippen LogP contribution in [0.4, 0.5) is 10.2 Å². The number of hydrogen-bond donors (Lipinski definition) is 0. The van der Waals surface area contributed by atoms with Crippen molar-refractivity contribution in [2.75, 3.05) is 0 Å². The molecule has 0 saturated carbocycles. The van der Waals surface area contributed by atoms with Gasteiger partial charge in [0.15, 0.2) is 0 Å². The lowest BCUT2D eigenvalue weighted by Crippen LogP contribution is -1.95. The summed E-state index contributed by atoms with van der Waals surface area (Å²) in [5, 5.41) is 0. The maximum atomic E-state index is 13.9. The van der Waals surface area contributed by atoms with Gasteiger partial charge < -0.3 is 4.85 Å². The molecule has 1 aromatic carbocycles. The van der Waals surface area contributed by atoms with Crippen molar-refractivity contribution >= 4 is 11.5 Å². The van der Waals surface area contributed by atoms with Gasteiger partial charge in [-0.2, -0.15) is 0 Å². The van der Waals surface area contributed by atoms with Crippen molar-refractivity contribution in [1.82, 2.24) is 14.4 Å². The molecule has 5 heteroatoms. The smallest absolute Gasteiger partial charge is 0.254 e. The maximum absolute atomic E-state index is 13.9. The third kappa shape index (κ3) is 2.52. The van der Waals surface area contributed by atoms with Crippen LogP contribution in [-0.4, -0.2) is 14.4 Å². The maximum Gasteiger partial charge on any atom is 0.254 e. The minimum Gasteiger partial charge on any atom is -0.362 e. The number of imidazole rings is 1. The molecule has 0 aliphatic heterocycles. The fourth-order valence-electron chi connectivity index (χ4n) is 3.10. The summed E-state index contributed by atoms with van der Waals surface area (Å²) in [4.78, 5) is 12.3. The third-order valence-corrected chi connectivity index (χ3v) is 4.48. The molecule has 0 saturated heterocycles. The first kappa shape index (κ1) is 16.0. The minimum absolute atomic E-state index is 0.217. The van der Waals surface area contributed by atoms with E-state index in [1.807, 2.05) is 43.5 Å². The summed E-state index contributed by atoms with van der Waals surface area (Å²) in [5.41, 5.74) is 5.67. The number of nitrogens with zero attached hydrogens (tertiary/aromatic N) is 4. The van der Waals surface area contributed by atoms with E-state index in [0.717, 1.165) is 33.6 Å². The van der Waals surface area contributed by atoms with Crippen LogP contribution in [0.3, 0.4) is 0 Å². The van der Waals surface area contributed by atoms with Gasteiger partial charge in [-0.3, -0.25) is 4.98 Å².